The molecule has 8 heteroatoms. The summed E-state index contributed by atoms with van der Waals surface area (Å²) in [5.41, 5.74) is 2.01. The highest BCUT2D eigenvalue weighted by molar-refractivity contribution is 7.89. The Hall–Kier alpha value is -3.20. The molecule has 0 amide bonds. The third kappa shape index (κ3) is 3.74. The molecule has 0 saturated carbocycles. The van der Waals surface area contributed by atoms with E-state index < -0.39 is 10.0 Å². The minimum atomic E-state index is -3.65. The van der Waals surface area contributed by atoms with Crippen LogP contribution in [-0.2, 0) is 10.0 Å². The minimum absolute atomic E-state index is 0.0900. The van der Waals surface area contributed by atoms with Crippen molar-refractivity contribution in [2.75, 3.05) is 31.1 Å². The highest BCUT2D eigenvalue weighted by Gasteiger charge is 2.29. The monoisotopic (exact) mass is 394 g/mol. The van der Waals surface area contributed by atoms with Gasteiger partial charge in [0.1, 0.15) is 6.07 Å². The molecule has 3 rings (SSSR count). The molecular weight excluding hydrogens is 376 g/mol. The predicted octanol–water partition coefficient (Wildman–Crippen LogP) is 2.14. The Bertz CT molecular complexity index is 1090. The number of carbonyl (C=O) groups is 1. The van der Waals surface area contributed by atoms with Gasteiger partial charge in [0.05, 0.1) is 27.8 Å². The molecule has 0 unspecified atom stereocenters. The summed E-state index contributed by atoms with van der Waals surface area (Å²) in [5.74, 6) is -0.0900. The molecule has 0 radical (unpaired) electrons. The van der Waals surface area contributed by atoms with Gasteiger partial charge in [0.15, 0.2) is 5.78 Å². The fourth-order valence-corrected chi connectivity index (χ4v) is 4.55. The fourth-order valence-electron chi connectivity index (χ4n) is 3.13. The number of Topliss-reactive ketones (excluding diaryl/α,β-unsaturated/α-hetero) is 1. The molecule has 142 valence electrons. The molecule has 28 heavy (non-hydrogen) atoms. The molecule has 0 N–H and O–H groups in total. The normalized spacial score (nSPS) is 14.9. The van der Waals surface area contributed by atoms with Crippen LogP contribution >= 0.6 is 0 Å². The van der Waals surface area contributed by atoms with Crippen LogP contribution in [0.1, 0.15) is 28.4 Å². The van der Waals surface area contributed by atoms with E-state index in [1.165, 1.54) is 35.5 Å². The number of sulfonamides is 1. The van der Waals surface area contributed by atoms with E-state index >= 15 is 0 Å². The standard InChI is InChI=1S/C20H18N4O3S/c1-15(25)17-4-5-18(14-22)20(12-17)23-8-10-24(11-9-23)28(26,27)19-6-2-16(13-21)3-7-19/h2-7,12H,8-11H2,1H3. The van der Waals surface area contributed by atoms with E-state index in [1.54, 1.807) is 18.2 Å². The van der Waals surface area contributed by atoms with Gasteiger partial charge in [-0.15, -0.1) is 0 Å². The van der Waals surface area contributed by atoms with Gasteiger partial charge >= 0.3 is 0 Å². The molecule has 2 aromatic carbocycles. The van der Waals surface area contributed by atoms with Crippen molar-refractivity contribution >= 4 is 21.5 Å². The molecule has 0 atom stereocenters. The SMILES string of the molecule is CC(=O)c1ccc(C#N)c(N2CCN(S(=O)(=O)c3ccc(C#N)cc3)CC2)c1. The van der Waals surface area contributed by atoms with E-state index in [0.717, 1.165) is 0 Å². The van der Waals surface area contributed by atoms with Crippen LogP contribution in [0, 0.1) is 22.7 Å². The topological polar surface area (TPSA) is 105 Å². The number of nitriles is 2. The van der Waals surface area contributed by atoms with Crippen molar-refractivity contribution in [1.29, 1.82) is 10.5 Å². The summed E-state index contributed by atoms with van der Waals surface area (Å²) in [6, 6.07) is 14.9. The molecule has 7 nitrogen and oxygen atoms in total. The Kier molecular flexibility index (Phi) is 5.46. The molecule has 2 aromatic rings. The Morgan fingerprint density at radius 2 is 1.61 bits per heavy atom. The first-order chi connectivity index (χ1) is 13.4. The van der Waals surface area contributed by atoms with Gasteiger partial charge in [-0.05, 0) is 49.4 Å². The molecule has 1 heterocycles. The van der Waals surface area contributed by atoms with Gasteiger partial charge < -0.3 is 4.90 Å². The van der Waals surface area contributed by atoms with Crippen molar-refractivity contribution in [3.05, 3.63) is 59.2 Å². The minimum Gasteiger partial charge on any atom is -0.368 e. The lowest BCUT2D eigenvalue weighted by atomic mass is 10.1. The maximum absolute atomic E-state index is 12.8. The maximum atomic E-state index is 12.8. The summed E-state index contributed by atoms with van der Waals surface area (Å²) in [7, 11) is -3.65. The second kappa shape index (κ2) is 7.81. The third-order valence-electron chi connectivity index (χ3n) is 4.73. The first-order valence-electron chi connectivity index (χ1n) is 8.67. The van der Waals surface area contributed by atoms with Crippen LogP contribution < -0.4 is 4.90 Å². The number of anilines is 1. The van der Waals surface area contributed by atoms with Crippen molar-refractivity contribution in [2.24, 2.45) is 0 Å². The van der Waals surface area contributed by atoms with Crippen molar-refractivity contribution in [3.63, 3.8) is 0 Å². The summed E-state index contributed by atoms with van der Waals surface area (Å²) >= 11 is 0. The van der Waals surface area contributed by atoms with Crippen LogP contribution in [0.2, 0.25) is 0 Å². The molecule has 1 saturated heterocycles. The lowest BCUT2D eigenvalue weighted by molar-refractivity contribution is 0.101. The summed E-state index contributed by atoms with van der Waals surface area (Å²) in [5, 5.41) is 18.2. The van der Waals surface area contributed by atoms with Crippen LogP contribution in [0.4, 0.5) is 5.69 Å². The maximum Gasteiger partial charge on any atom is 0.243 e. The zero-order valence-corrected chi connectivity index (χ0v) is 16.1. The zero-order chi connectivity index (χ0) is 20.3. The Labute approximate surface area is 164 Å². The lowest BCUT2D eigenvalue weighted by Gasteiger charge is -2.35. The van der Waals surface area contributed by atoms with E-state index in [2.05, 4.69) is 6.07 Å². The number of benzene rings is 2. The Morgan fingerprint density at radius 1 is 0.964 bits per heavy atom. The highest BCUT2D eigenvalue weighted by Crippen LogP contribution is 2.25. The summed E-state index contributed by atoms with van der Waals surface area (Å²) in [4.78, 5) is 13.7. The number of carbonyl (C=O) groups excluding carboxylic acids is 1. The van der Waals surface area contributed by atoms with Crippen LogP contribution in [0.15, 0.2) is 47.4 Å². The van der Waals surface area contributed by atoms with Gasteiger partial charge in [-0.2, -0.15) is 14.8 Å². The molecule has 0 spiro atoms. The van der Waals surface area contributed by atoms with Gasteiger partial charge in [0.25, 0.3) is 0 Å². The van der Waals surface area contributed by atoms with Crippen molar-refractivity contribution in [2.45, 2.75) is 11.8 Å². The number of ketones is 1. The molecule has 0 aromatic heterocycles. The molecular formula is C20H18N4O3S. The van der Waals surface area contributed by atoms with Gasteiger partial charge in [-0.25, -0.2) is 8.42 Å². The highest BCUT2D eigenvalue weighted by atomic mass is 32.2. The number of hydrogen-bond acceptors (Lipinski definition) is 6. The number of hydrogen-bond donors (Lipinski definition) is 0. The van der Waals surface area contributed by atoms with E-state index in [0.29, 0.717) is 35.5 Å². The van der Waals surface area contributed by atoms with Gasteiger partial charge in [-0.3, -0.25) is 4.79 Å². The van der Waals surface area contributed by atoms with Crippen LogP contribution in [-0.4, -0.2) is 44.7 Å². The van der Waals surface area contributed by atoms with Crippen molar-refractivity contribution in [1.82, 2.24) is 4.31 Å². The zero-order valence-electron chi connectivity index (χ0n) is 15.3. The van der Waals surface area contributed by atoms with Crippen LogP contribution in [0.25, 0.3) is 0 Å². The largest absolute Gasteiger partial charge is 0.368 e. The Morgan fingerprint density at radius 3 is 2.14 bits per heavy atom. The number of piperazine rings is 1. The fraction of sp³-hybridized carbons (Fsp3) is 0.250. The lowest BCUT2D eigenvalue weighted by Crippen LogP contribution is -2.48. The third-order valence-corrected chi connectivity index (χ3v) is 6.64. The van der Waals surface area contributed by atoms with E-state index in [4.69, 9.17) is 5.26 Å². The van der Waals surface area contributed by atoms with Crippen LogP contribution in [0.3, 0.4) is 0 Å². The van der Waals surface area contributed by atoms with Gasteiger partial charge in [0, 0.05) is 31.7 Å². The predicted molar refractivity (Wildman–Crippen MR) is 103 cm³/mol. The summed E-state index contributed by atoms with van der Waals surface area (Å²) in [6.07, 6.45) is 0. The Balaban J connectivity index is 1.79. The number of rotatable bonds is 4. The van der Waals surface area contributed by atoms with Gasteiger partial charge in [-0.1, -0.05) is 0 Å². The van der Waals surface area contributed by atoms with Crippen molar-refractivity contribution in [3.8, 4) is 12.1 Å². The van der Waals surface area contributed by atoms with Gasteiger partial charge in [0.2, 0.25) is 10.0 Å². The number of nitrogens with zero attached hydrogens (tertiary/aromatic N) is 4. The molecule has 1 fully saturated rings. The first-order valence-corrected chi connectivity index (χ1v) is 10.1. The molecule has 0 bridgehead atoms. The summed E-state index contributed by atoms with van der Waals surface area (Å²) < 4.78 is 27.0. The molecule has 1 aliphatic rings. The molecule has 1 aliphatic heterocycles. The van der Waals surface area contributed by atoms with E-state index in [-0.39, 0.29) is 23.8 Å². The molecule has 0 aliphatic carbocycles. The average Bonchev–Trinajstić information content (AvgIpc) is 2.73. The quantitative estimate of drug-likeness (QED) is 0.736. The second-order valence-corrected chi connectivity index (χ2v) is 8.37. The average molecular weight is 394 g/mol. The smallest absolute Gasteiger partial charge is 0.243 e. The second-order valence-electron chi connectivity index (χ2n) is 6.43. The van der Waals surface area contributed by atoms with Crippen LogP contribution in [0.5, 0.6) is 0 Å². The van der Waals surface area contributed by atoms with E-state index in [9.17, 15) is 18.5 Å². The van der Waals surface area contributed by atoms with Crippen molar-refractivity contribution < 1.29 is 13.2 Å². The van der Waals surface area contributed by atoms with E-state index in [1.807, 2.05) is 11.0 Å². The first kappa shape index (κ1) is 19.6. The summed E-state index contributed by atoms with van der Waals surface area (Å²) in [6.45, 7) is 2.80.